The second-order valence-electron chi connectivity index (χ2n) is 6.08. The molecule has 1 aromatic carbocycles. The molecule has 2 unspecified atom stereocenters. The van der Waals surface area contributed by atoms with Gasteiger partial charge in [0.2, 0.25) is 0 Å². The Morgan fingerprint density at radius 3 is 3.00 bits per heavy atom. The van der Waals surface area contributed by atoms with Gasteiger partial charge in [-0.3, -0.25) is 0 Å². The fourth-order valence-corrected chi connectivity index (χ4v) is 3.38. The molecule has 2 heterocycles. The van der Waals surface area contributed by atoms with Crippen molar-refractivity contribution in [1.82, 2.24) is 0 Å². The fraction of sp³-hybridized carbons (Fsp3) is 0.647. The molecule has 3 rings (SSSR count). The first-order chi connectivity index (χ1) is 9.81. The second-order valence-corrected chi connectivity index (χ2v) is 6.08. The number of ether oxygens (including phenoxy) is 2. The average Bonchev–Trinajstić information content (AvgIpc) is 2.89. The number of para-hydroxylation sites is 1. The van der Waals surface area contributed by atoms with E-state index in [-0.39, 0.29) is 5.60 Å². The van der Waals surface area contributed by atoms with E-state index in [1.54, 1.807) is 0 Å². The van der Waals surface area contributed by atoms with Crippen LogP contribution in [-0.4, -0.2) is 31.5 Å². The van der Waals surface area contributed by atoms with Crippen LogP contribution >= 0.6 is 0 Å². The topological polar surface area (TPSA) is 30.5 Å². The first kappa shape index (κ1) is 13.9. The molecular weight excluding hydrogens is 250 g/mol. The Bertz CT molecular complexity index is 440. The number of nitrogens with one attached hydrogen (secondary N) is 1. The molecule has 2 fully saturated rings. The van der Waals surface area contributed by atoms with Gasteiger partial charge in [0.1, 0.15) is 0 Å². The monoisotopic (exact) mass is 275 g/mol. The molecule has 0 saturated carbocycles. The van der Waals surface area contributed by atoms with Crippen molar-refractivity contribution in [3.8, 4) is 0 Å². The van der Waals surface area contributed by atoms with E-state index in [0.717, 1.165) is 45.5 Å². The van der Waals surface area contributed by atoms with Crippen LogP contribution in [0.4, 0.5) is 5.69 Å². The van der Waals surface area contributed by atoms with Gasteiger partial charge in [0.25, 0.3) is 0 Å². The highest BCUT2D eigenvalue weighted by Gasteiger charge is 2.41. The van der Waals surface area contributed by atoms with Crippen LogP contribution in [-0.2, 0) is 15.9 Å². The molecule has 1 N–H and O–H groups in total. The smallest absolute Gasteiger partial charge is 0.0956 e. The summed E-state index contributed by atoms with van der Waals surface area (Å²) in [6, 6.07) is 9.20. The molecule has 2 atom stereocenters. The van der Waals surface area contributed by atoms with Crippen molar-refractivity contribution in [3.05, 3.63) is 29.8 Å². The number of benzene rings is 1. The molecule has 3 heteroatoms. The number of hydrogen-bond donors (Lipinski definition) is 1. The highest BCUT2D eigenvalue weighted by molar-refractivity contribution is 5.52. The van der Waals surface area contributed by atoms with Crippen LogP contribution in [0, 0.1) is 0 Å². The van der Waals surface area contributed by atoms with E-state index in [1.165, 1.54) is 17.7 Å². The first-order valence-corrected chi connectivity index (χ1v) is 7.87. The molecule has 2 aliphatic heterocycles. The van der Waals surface area contributed by atoms with E-state index in [0.29, 0.717) is 6.04 Å². The van der Waals surface area contributed by atoms with Gasteiger partial charge < -0.3 is 14.8 Å². The maximum Gasteiger partial charge on any atom is 0.0956 e. The van der Waals surface area contributed by atoms with Crippen molar-refractivity contribution >= 4 is 5.69 Å². The standard InChI is InChI=1S/C17H25NO2/c1-2-5-14-6-3-4-7-16(14)18-15-8-10-20-17(12-15)9-11-19-13-17/h3-4,6-7,15,18H,2,5,8-13H2,1H3. The van der Waals surface area contributed by atoms with E-state index in [4.69, 9.17) is 9.47 Å². The maximum atomic E-state index is 6.01. The summed E-state index contributed by atoms with van der Waals surface area (Å²) in [4.78, 5) is 0. The third-order valence-electron chi connectivity index (χ3n) is 4.46. The summed E-state index contributed by atoms with van der Waals surface area (Å²) in [6.07, 6.45) is 5.52. The molecule has 110 valence electrons. The predicted molar refractivity (Wildman–Crippen MR) is 81.2 cm³/mol. The van der Waals surface area contributed by atoms with Gasteiger partial charge >= 0.3 is 0 Å². The van der Waals surface area contributed by atoms with Gasteiger partial charge in [0, 0.05) is 31.4 Å². The Morgan fingerprint density at radius 1 is 1.30 bits per heavy atom. The van der Waals surface area contributed by atoms with Gasteiger partial charge in [-0.05, 0) is 30.9 Å². The zero-order valence-electron chi connectivity index (χ0n) is 12.4. The molecule has 2 aliphatic rings. The SMILES string of the molecule is CCCc1ccccc1NC1CCOC2(CCOC2)C1. The average molecular weight is 275 g/mol. The summed E-state index contributed by atoms with van der Waals surface area (Å²) in [5.74, 6) is 0. The van der Waals surface area contributed by atoms with Crippen LogP contribution in [0.2, 0.25) is 0 Å². The predicted octanol–water partition coefficient (Wildman–Crippen LogP) is 3.39. The summed E-state index contributed by atoms with van der Waals surface area (Å²) in [5.41, 5.74) is 2.71. The van der Waals surface area contributed by atoms with Gasteiger partial charge in [0.15, 0.2) is 0 Å². The lowest BCUT2D eigenvalue weighted by atomic mass is 9.89. The molecule has 20 heavy (non-hydrogen) atoms. The molecule has 3 nitrogen and oxygen atoms in total. The lowest BCUT2D eigenvalue weighted by Gasteiger charge is -2.38. The van der Waals surface area contributed by atoms with E-state index >= 15 is 0 Å². The van der Waals surface area contributed by atoms with E-state index < -0.39 is 0 Å². The van der Waals surface area contributed by atoms with Crippen molar-refractivity contribution in [1.29, 1.82) is 0 Å². The molecule has 0 bridgehead atoms. The van der Waals surface area contributed by atoms with Gasteiger partial charge in [-0.25, -0.2) is 0 Å². The summed E-state index contributed by atoms with van der Waals surface area (Å²) in [5, 5.41) is 3.75. The van der Waals surface area contributed by atoms with Crippen molar-refractivity contribution in [2.75, 3.05) is 25.1 Å². The van der Waals surface area contributed by atoms with Crippen LogP contribution in [0.5, 0.6) is 0 Å². The van der Waals surface area contributed by atoms with Gasteiger partial charge in [-0.1, -0.05) is 31.5 Å². The Balaban J connectivity index is 1.68. The zero-order valence-corrected chi connectivity index (χ0v) is 12.4. The third-order valence-corrected chi connectivity index (χ3v) is 4.46. The minimum Gasteiger partial charge on any atom is -0.382 e. The van der Waals surface area contributed by atoms with Crippen LogP contribution in [0.3, 0.4) is 0 Å². The van der Waals surface area contributed by atoms with Gasteiger partial charge in [-0.15, -0.1) is 0 Å². The maximum absolute atomic E-state index is 6.01. The largest absolute Gasteiger partial charge is 0.382 e. The normalized spacial score (nSPS) is 29.8. The first-order valence-electron chi connectivity index (χ1n) is 7.87. The Morgan fingerprint density at radius 2 is 2.20 bits per heavy atom. The lowest BCUT2D eigenvalue weighted by molar-refractivity contribution is -0.0828. The van der Waals surface area contributed by atoms with Crippen LogP contribution < -0.4 is 5.32 Å². The van der Waals surface area contributed by atoms with Crippen molar-refractivity contribution in [2.24, 2.45) is 0 Å². The quantitative estimate of drug-likeness (QED) is 0.913. The van der Waals surface area contributed by atoms with Crippen molar-refractivity contribution in [3.63, 3.8) is 0 Å². The summed E-state index contributed by atoms with van der Waals surface area (Å²) in [7, 11) is 0. The molecular formula is C17H25NO2. The third kappa shape index (κ3) is 2.99. The molecule has 1 aromatic rings. The van der Waals surface area contributed by atoms with Gasteiger partial charge in [-0.2, -0.15) is 0 Å². The van der Waals surface area contributed by atoms with Crippen LogP contribution in [0.1, 0.15) is 38.2 Å². The second kappa shape index (κ2) is 6.15. The molecule has 0 aliphatic carbocycles. The number of hydrogen-bond acceptors (Lipinski definition) is 3. The zero-order chi connectivity index (χ0) is 13.8. The van der Waals surface area contributed by atoms with Gasteiger partial charge in [0.05, 0.1) is 12.2 Å². The molecule has 0 amide bonds. The number of rotatable bonds is 4. The highest BCUT2D eigenvalue weighted by atomic mass is 16.6. The number of anilines is 1. The van der Waals surface area contributed by atoms with Crippen molar-refractivity contribution < 1.29 is 9.47 Å². The fourth-order valence-electron chi connectivity index (χ4n) is 3.38. The van der Waals surface area contributed by atoms with E-state index in [9.17, 15) is 0 Å². The summed E-state index contributed by atoms with van der Waals surface area (Å²) < 4.78 is 11.6. The minimum atomic E-state index is -0.0182. The summed E-state index contributed by atoms with van der Waals surface area (Å²) in [6.45, 7) is 4.69. The Labute approximate surface area is 121 Å². The molecule has 0 aromatic heterocycles. The highest BCUT2D eigenvalue weighted by Crippen LogP contribution is 2.34. The Kier molecular flexibility index (Phi) is 4.27. The molecule has 2 saturated heterocycles. The number of aryl methyl sites for hydroxylation is 1. The lowest BCUT2D eigenvalue weighted by Crippen LogP contribution is -2.45. The van der Waals surface area contributed by atoms with Crippen LogP contribution in [0.25, 0.3) is 0 Å². The van der Waals surface area contributed by atoms with E-state index in [1.807, 2.05) is 0 Å². The van der Waals surface area contributed by atoms with E-state index in [2.05, 4.69) is 36.5 Å². The Hall–Kier alpha value is -1.06. The van der Waals surface area contributed by atoms with Crippen LogP contribution in [0.15, 0.2) is 24.3 Å². The molecule has 0 radical (unpaired) electrons. The molecule has 1 spiro atoms. The summed E-state index contributed by atoms with van der Waals surface area (Å²) >= 11 is 0. The van der Waals surface area contributed by atoms with Crippen molar-refractivity contribution in [2.45, 2.75) is 50.7 Å². The minimum absolute atomic E-state index is 0.0182.